The Hall–Kier alpha value is -1.00. The first-order valence-electron chi connectivity index (χ1n) is 6.55. The van der Waals surface area contributed by atoms with Gasteiger partial charge in [-0.2, -0.15) is 0 Å². The minimum atomic E-state index is -1.17. The molecule has 0 amide bonds. The Morgan fingerprint density at radius 1 is 1.47 bits per heavy atom. The van der Waals surface area contributed by atoms with Crippen molar-refractivity contribution in [1.29, 1.82) is 0 Å². The lowest BCUT2D eigenvalue weighted by Gasteiger charge is -2.44. The van der Waals surface area contributed by atoms with Gasteiger partial charge in [-0.25, -0.2) is 0 Å². The maximum absolute atomic E-state index is 12.2. The highest BCUT2D eigenvalue weighted by Crippen LogP contribution is 2.50. The molecular weight excluding hydrogens is 260 g/mol. The molecule has 104 valence electrons. The van der Waals surface area contributed by atoms with E-state index in [1.54, 1.807) is 32.5 Å². The lowest BCUT2D eigenvalue weighted by molar-refractivity contribution is -0.173. The Morgan fingerprint density at radius 3 is 2.84 bits per heavy atom. The molecule has 2 rings (SSSR count). The van der Waals surface area contributed by atoms with Crippen LogP contribution < -0.4 is 0 Å². The minimum absolute atomic E-state index is 0.328. The van der Waals surface area contributed by atoms with Crippen LogP contribution in [0.25, 0.3) is 0 Å². The third-order valence-corrected chi connectivity index (χ3v) is 4.95. The summed E-state index contributed by atoms with van der Waals surface area (Å²) < 4.78 is 5.13. The summed E-state index contributed by atoms with van der Waals surface area (Å²) >= 11 is 1.72. The van der Waals surface area contributed by atoms with Crippen LogP contribution >= 0.6 is 11.8 Å². The first-order chi connectivity index (χ1) is 8.93. The molecule has 0 fully saturated rings. The second-order valence-corrected chi connectivity index (χ2v) is 6.44. The molecular formula is C15H20O3S. The standard InChI is InChI=1S/C15H20O3S/c1-4-18-13(16)14(2,3)15(17)9-10-19-12-8-6-5-7-11(12)15/h5-8,17H,4,9-10H2,1-3H3. The number of ether oxygens (including phenoxy) is 1. The molecule has 0 aromatic heterocycles. The summed E-state index contributed by atoms with van der Waals surface area (Å²) in [6, 6.07) is 7.75. The Morgan fingerprint density at radius 2 is 2.16 bits per heavy atom. The molecule has 19 heavy (non-hydrogen) atoms. The number of fused-ring (bicyclic) bond motifs is 1. The van der Waals surface area contributed by atoms with Gasteiger partial charge in [-0.05, 0) is 38.8 Å². The average Bonchev–Trinajstić information content (AvgIpc) is 2.39. The summed E-state index contributed by atoms with van der Waals surface area (Å²) in [6.45, 7) is 5.63. The van der Waals surface area contributed by atoms with Crippen molar-refractivity contribution < 1.29 is 14.6 Å². The molecule has 1 aromatic carbocycles. The van der Waals surface area contributed by atoms with E-state index in [0.29, 0.717) is 13.0 Å². The van der Waals surface area contributed by atoms with E-state index in [-0.39, 0.29) is 5.97 Å². The van der Waals surface area contributed by atoms with Crippen molar-refractivity contribution in [3.05, 3.63) is 29.8 Å². The van der Waals surface area contributed by atoms with Crippen LogP contribution in [-0.4, -0.2) is 23.4 Å². The van der Waals surface area contributed by atoms with Gasteiger partial charge in [0.25, 0.3) is 0 Å². The van der Waals surface area contributed by atoms with Crippen molar-refractivity contribution in [2.75, 3.05) is 12.4 Å². The van der Waals surface area contributed by atoms with Gasteiger partial charge < -0.3 is 9.84 Å². The number of esters is 1. The zero-order valence-electron chi connectivity index (χ0n) is 11.6. The van der Waals surface area contributed by atoms with Crippen LogP contribution in [-0.2, 0) is 15.1 Å². The normalized spacial score (nSPS) is 22.7. The van der Waals surface area contributed by atoms with Gasteiger partial charge >= 0.3 is 5.97 Å². The Balaban J connectivity index is 2.46. The monoisotopic (exact) mass is 280 g/mol. The van der Waals surface area contributed by atoms with Gasteiger partial charge in [-0.3, -0.25) is 4.79 Å². The van der Waals surface area contributed by atoms with Crippen molar-refractivity contribution >= 4 is 17.7 Å². The summed E-state index contributed by atoms with van der Waals surface area (Å²) in [7, 11) is 0. The summed E-state index contributed by atoms with van der Waals surface area (Å²) in [5.74, 6) is 0.454. The highest BCUT2D eigenvalue weighted by atomic mass is 32.2. The van der Waals surface area contributed by atoms with Gasteiger partial charge in [0.05, 0.1) is 12.0 Å². The maximum atomic E-state index is 12.2. The lowest BCUT2D eigenvalue weighted by atomic mass is 9.69. The summed E-state index contributed by atoms with van der Waals surface area (Å²) in [6.07, 6.45) is 0.556. The average molecular weight is 280 g/mol. The molecule has 0 bridgehead atoms. The van der Waals surface area contributed by atoms with Gasteiger partial charge in [-0.15, -0.1) is 11.8 Å². The van der Waals surface area contributed by atoms with Gasteiger partial charge in [0.2, 0.25) is 0 Å². The zero-order valence-corrected chi connectivity index (χ0v) is 12.4. The fourth-order valence-electron chi connectivity index (χ4n) is 2.51. The van der Waals surface area contributed by atoms with Crippen LogP contribution in [0.15, 0.2) is 29.2 Å². The van der Waals surface area contributed by atoms with Crippen molar-refractivity contribution in [2.45, 2.75) is 37.7 Å². The van der Waals surface area contributed by atoms with Crippen LogP contribution in [0.4, 0.5) is 0 Å². The highest BCUT2D eigenvalue weighted by Gasteiger charge is 2.52. The van der Waals surface area contributed by atoms with E-state index in [9.17, 15) is 9.90 Å². The number of hydrogen-bond donors (Lipinski definition) is 1. The molecule has 0 radical (unpaired) electrons. The number of rotatable bonds is 3. The number of benzene rings is 1. The van der Waals surface area contributed by atoms with E-state index >= 15 is 0 Å². The quantitative estimate of drug-likeness (QED) is 0.865. The Bertz CT molecular complexity index is 484. The molecule has 0 saturated heterocycles. The molecule has 1 N–H and O–H groups in total. The van der Waals surface area contributed by atoms with E-state index in [0.717, 1.165) is 16.2 Å². The predicted octanol–water partition coefficient (Wildman–Crippen LogP) is 2.96. The van der Waals surface area contributed by atoms with Gasteiger partial charge in [0.1, 0.15) is 5.60 Å². The number of carbonyl (C=O) groups is 1. The molecule has 1 unspecified atom stereocenters. The van der Waals surface area contributed by atoms with E-state index in [1.165, 1.54) is 0 Å². The van der Waals surface area contributed by atoms with Crippen LogP contribution in [0.3, 0.4) is 0 Å². The van der Waals surface area contributed by atoms with E-state index < -0.39 is 11.0 Å². The molecule has 1 atom stereocenters. The Kier molecular flexibility index (Phi) is 3.92. The zero-order chi connectivity index (χ0) is 14.1. The second kappa shape index (κ2) is 5.17. The van der Waals surface area contributed by atoms with Crippen LogP contribution in [0.1, 0.15) is 32.8 Å². The Labute approximate surface area is 118 Å². The van der Waals surface area contributed by atoms with Crippen molar-refractivity contribution in [3.8, 4) is 0 Å². The summed E-state index contributed by atoms with van der Waals surface area (Å²) in [5, 5.41) is 11.1. The largest absolute Gasteiger partial charge is 0.465 e. The third-order valence-electron chi connectivity index (χ3n) is 3.87. The lowest BCUT2D eigenvalue weighted by Crippen LogP contribution is -2.49. The van der Waals surface area contributed by atoms with Crippen LogP contribution in [0.5, 0.6) is 0 Å². The highest BCUT2D eigenvalue weighted by molar-refractivity contribution is 7.99. The fraction of sp³-hybridized carbons (Fsp3) is 0.533. The number of thioether (sulfide) groups is 1. The van der Waals surface area contributed by atoms with Crippen molar-refractivity contribution in [1.82, 2.24) is 0 Å². The molecule has 1 aliphatic rings. The number of carbonyl (C=O) groups excluding carboxylic acids is 1. The van der Waals surface area contributed by atoms with Crippen molar-refractivity contribution in [3.63, 3.8) is 0 Å². The molecule has 1 heterocycles. The maximum Gasteiger partial charge on any atom is 0.314 e. The topological polar surface area (TPSA) is 46.5 Å². The van der Waals surface area contributed by atoms with Crippen molar-refractivity contribution in [2.24, 2.45) is 5.41 Å². The molecule has 1 aromatic rings. The molecule has 0 aliphatic carbocycles. The van der Waals surface area contributed by atoms with Crippen LogP contribution in [0.2, 0.25) is 0 Å². The number of hydrogen-bond acceptors (Lipinski definition) is 4. The summed E-state index contributed by atoms with van der Waals surface area (Å²) in [5.41, 5.74) is -1.29. The summed E-state index contributed by atoms with van der Waals surface area (Å²) in [4.78, 5) is 13.2. The molecule has 0 saturated carbocycles. The fourth-order valence-corrected chi connectivity index (χ4v) is 3.69. The van der Waals surface area contributed by atoms with Crippen LogP contribution in [0, 0.1) is 5.41 Å². The molecule has 0 spiro atoms. The van der Waals surface area contributed by atoms with Gasteiger partial charge in [0, 0.05) is 10.6 Å². The molecule has 3 nitrogen and oxygen atoms in total. The number of aliphatic hydroxyl groups is 1. The first-order valence-corrected chi connectivity index (χ1v) is 7.54. The molecule has 1 aliphatic heterocycles. The van der Waals surface area contributed by atoms with Gasteiger partial charge in [0.15, 0.2) is 0 Å². The van der Waals surface area contributed by atoms with Gasteiger partial charge in [-0.1, -0.05) is 18.2 Å². The smallest absolute Gasteiger partial charge is 0.314 e. The SMILES string of the molecule is CCOC(=O)C(C)(C)C1(O)CCSc2ccccc21. The van der Waals surface area contributed by atoms with E-state index in [2.05, 4.69) is 0 Å². The first kappa shape index (κ1) is 14.4. The molecule has 4 heteroatoms. The third kappa shape index (κ3) is 2.28. The second-order valence-electron chi connectivity index (χ2n) is 5.30. The predicted molar refractivity (Wildman–Crippen MR) is 76.1 cm³/mol. The minimum Gasteiger partial charge on any atom is -0.465 e. The van der Waals surface area contributed by atoms with E-state index in [1.807, 2.05) is 24.3 Å². The van der Waals surface area contributed by atoms with E-state index in [4.69, 9.17) is 4.74 Å².